The van der Waals surface area contributed by atoms with E-state index >= 15 is 0 Å². The normalized spacial score (nSPS) is 26.0. The van der Waals surface area contributed by atoms with Crippen molar-refractivity contribution < 1.29 is 9.59 Å². The molecule has 0 radical (unpaired) electrons. The van der Waals surface area contributed by atoms with Gasteiger partial charge in [0.05, 0.1) is 6.42 Å². The van der Waals surface area contributed by atoms with Crippen LogP contribution in [-0.4, -0.2) is 36.0 Å². The lowest BCUT2D eigenvalue weighted by atomic mass is 9.99. The van der Waals surface area contributed by atoms with E-state index in [-0.39, 0.29) is 17.9 Å². The molecular formula is C20H29N3O2. The Bertz CT molecular complexity index is 578. The summed E-state index contributed by atoms with van der Waals surface area (Å²) in [5.41, 5.74) is 0.964. The van der Waals surface area contributed by atoms with Gasteiger partial charge in [-0.05, 0) is 37.7 Å². The van der Waals surface area contributed by atoms with Gasteiger partial charge in [-0.1, -0.05) is 43.7 Å². The van der Waals surface area contributed by atoms with Crippen LogP contribution < -0.4 is 16.0 Å². The van der Waals surface area contributed by atoms with E-state index in [0.717, 1.165) is 24.8 Å². The van der Waals surface area contributed by atoms with E-state index < -0.39 is 6.04 Å². The molecular weight excluding hydrogens is 314 g/mol. The fourth-order valence-corrected chi connectivity index (χ4v) is 4.06. The molecule has 0 aliphatic carbocycles. The van der Waals surface area contributed by atoms with Gasteiger partial charge in [-0.15, -0.1) is 0 Å². The minimum absolute atomic E-state index is 0.0328. The molecule has 136 valence electrons. The van der Waals surface area contributed by atoms with Crippen LogP contribution in [0.25, 0.3) is 0 Å². The number of carbonyl (C=O) groups excluding carboxylic acids is 2. The predicted octanol–water partition coefficient (Wildman–Crippen LogP) is 1.91. The van der Waals surface area contributed by atoms with E-state index in [2.05, 4.69) is 16.0 Å². The molecule has 0 saturated carbocycles. The van der Waals surface area contributed by atoms with Gasteiger partial charge in [0, 0.05) is 18.1 Å². The van der Waals surface area contributed by atoms with Crippen molar-refractivity contribution in [2.75, 3.05) is 0 Å². The van der Waals surface area contributed by atoms with E-state index in [1.165, 1.54) is 12.8 Å². The summed E-state index contributed by atoms with van der Waals surface area (Å²) in [6.07, 6.45) is 6.27. The zero-order valence-corrected chi connectivity index (χ0v) is 15.0. The molecule has 2 bridgehead atoms. The molecule has 3 rings (SSSR count). The van der Waals surface area contributed by atoms with E-state index in [0.29, 0.717) is 24.9 Å². The molecule has 5 nitrogen and oxygen atoms in total. The Morgan fingerprint density at radius 3 is 2.48 bits per heavy atom. The summed E-state index contributed by atoms with van der Waals surface area (Å²) in [4.78, 5) is 25.0. The van der Waals surface area contributed by atoms with Gasteiger partial charge in [-0.3, -0.25) is 9.59 Å². The fourth-order valence-electron chi connectivity index (χ4n) is 4.06. The molecule has 0 spiro atoms. The molecule has 0 aromatic heterocycles. The van der Waals surface area contributed by atoms with E-state index in [1.54, 1.807) is 0 Å². The van der Waals surface area contributed by atoms with Crippen molar-refractivity contribution >= 4 is 11.8 Å². The number of fused-ring (bicyclic) bond motifs is 2. The molecule has 2 aliphatic heterocycles. The molecule has 1 aromatic carbocycles. The first-order chi connectivity index (χ1) is 12.1. The van der Waals surface area contributed by atoms with E-state index in [1.807, 2.05) is 37.3 Å². The molecule has 3 unspecified atom stereocenters. The van der Waals surface area contributed by atoms with Crippen LogP contribution in [0.4, 0.5) is 0 Å². The van der Waals surface area contributed by atoms with Crippen molar-refractivity contribution in [2.24, 2.45) is 0 Å². The van der Waals surface area contributed by atoms with E-state index in [4.69, 9.17) is 0 Å². The minimum Gasteiger partial charge on any atom is -0.351 e. The topological polar surface area (TPSA) is 70.2 Å². The van der Waals surface area contributed by atoms with Gasteiger partial charge in [0.1, 0.15) is 6.04 Å². The Balaban J connectivity index is 1.52. The number of rotatable bonds is 7. The lowest BCUT2D eigenvalue weighted by Crippen LogP contribution is -2.53. The molecule has 2 saturated heterocycles. The highest BCUT2D eigenvalue weighted by atomic mass is 16.2. The molecule has 2 fully saturated rings. The van der Waals surface area contributed by atoms with Crippen LogP contribution in [0.1, 0.15) is 51.0 Å². The highest BCUT2D eigenvalue weighted by Crippen LogP contribution is 2.26. The van der Waals surface area contributed by atoms with Gasteiger partial charge < -0.3 is 16.0 Å². The van der Waals surface area contributed by atoms with Gasteiger partial charge in [0.15, 0.2) is 0 Å². The highest BCUT2D eigenvalue weighted by molar-refractivity contribution is 5.88. The summed E-state index contributed by atoms with van der Waals surface area (Å²) in [7, 11) is 0. The second kappa shape index (κ2) is 8.48. The molecule has 3 N–H and O–H groups in total. The maximum Gasteiger partial charge on any atom is 0.242 e. The molecule has 5 heteroatoms. The highest BCUT2D eigenvalue weighted by Gasteiger charge is 2.34. The first-order valence-electron chi connectivity index (χ1n) is 9.53. The molecule has 1 aromatic rings. The summed E-state index contributed by atoms with van der Waals surface area (Å²) in [5, 5.41) is 9.69. The maximum atomic E-state index is 12.7. The number of piperidine rings is 1. The monoisotopic (exact) mass is 343 g/mol. The largest absolute Gasteiger partial charge is 0.351 e. The number of benzene rings is 1. The molecule has 2 aliphatic rings. The third-order valence-corrected chi connectivity index (χ3v) is 5.26. The summed E-state index contributed by atoms with van der Waals surface area (Å²) in [5.74, 6) is -0.125. The first-order valence-corrected chi connectivity index (χ1v) is 9.53. The van der Waals surface area contributed by atoms with Crippen LogP contribution in [0.5, 0.6) is 0 Å². The van der Waals surface area contributed by atoms with Crippen LogP contribution in [0.2, 0.25) is 0 Å². The van der Waals surface area contributed by atoms with Crippen molar-refractivity contribution in [2.45, 2.75) is 76.0 Å². The fraction of sp³-hybridized carbons (Fsp3) is 0.600. The zero-order chi connectivity index (χ0) is 17.6. The van der Waals surface area contributed by atoms with Gasteiger partial charge in [0.25, 0.3) is 0 Å². The Morgan fingerprint density at radius 2 is 1.84 bits per heavy atom. The van der Waals surface area contributed by atoms with Gasteiger partial charge in [0.2, 0.25) is 11.8 Å². The third kappa shape index (κ3) is 5.05. The van der Waals surface area contributed by atoms with E-state index in [9.17, 15) is 9.59 Å². The van der Waals surface area contributed by atoms with Gasteiger partial charge in [-0.25, -0.2) is 0 Å². The second-order valence-electron chi connectivity index (χ2n) is 7.39. The van der Waals surface area contributed by atoms with Crippen molar-refractivity contribution in [1.29, 1.82) is 0 Å². The van der Waals surface area contributed by atoms with Crippen LogP contribution in [0.3, 0.4) is 0 Å². The van der Waals surface area contributed by atoms with Gasteiger partial charge >= 0.3 is 0 Å². The lowest BCUT2D eigenvalue weighted by molar-refractivity contribution is -0.129. The second-order valence-corrected chi connectivity index (χ2v) is 7.39. The number of hydrogen-bond donors (Lipinski definition) is 3. The van der Waals surface area contributed by atoms with Crippen molar-refractivity contribution in [3.63, 3.8) is 0 Å². The average molecular weight is 343 g/mol. The lowest BCUT2D eigenvalue weighted by Gasteiger charge is -2.31. The Kier molecular flexibility index (Phi) is 6.08. The molecule has 25 heavy (non-hydrogen) atoms. The molecule has 3 atom stereocenters. The maximum absolute atomic E-state index is 12.7. The van der Waals surface area contributed by atoms with Crippen molar-refractivity contribution in [1.82, 2.24) is 16.0 Å². The Labute approximate surface area is 150 Å². The quantitative estimate of drug-likeness (QED) is 0.708. The summed E-state index contributed by atoms with van der Waals surface area (Å²) in [6.45, 7) is 2.04. The number of hydrogen-bond acceptors (Lipinski definition) is 3. The number of nitrogens with one attached hydrogen (secondary N) is 3. The molecule has 2 amide bonds. The predicted molar refractivity (Wildman–Crippen MR) is 98.1 cm³/mol. The van der Waals surface area contributed by atoms with Gasteiger partial charge in [-0.2, -0.15) is 0 Å². The smallest absolute Gasteiger partial charge is 0.242 e. The summed E-state index contributed by atoms with van der Waals surface area (Å²) < 4.78 is 0. The van der Waals surface area contributed by atoms with Crippen LogP contribution in [0.15, 0.2) is 30.3 Å². The van der Waals surface area contributed by atoms with Crippen LogP contribution in [-0.2, 0) is 16.0 Å². The zero-order valence-electron chi connectivity index (χ0n) is 15.0. The summed E-state index contributed by atoms with van der Waals surface area (Å²) in [6, 6.07) is 10.5. The number of amides is 2. The SMILES string of the molecule is CCCC(NC(=O)Cc1ccccc1)C(=O)NC1CC2CCC(C1)N2. The molecule has 2 heterocycles. The minimum atomic E-state index is -0.436. The Hall–Kier alpha value is -1.88. The first kappa shape index (κ1) is 17.9. The average Bonchev–Trinajstić information content (AvgIpc) is 2.94. The summed E-state index contributed by atoms with van der Waals surface area (Å²) >= 11 is 0. The van der Waals surface area contributed by atoms with Crippen LogP contribution in [0, 0.1) is 0 Å². The number of carbonyl (C=O) groups is 2. The Morgan fingerprint density at radius 1 is 1.16 bits per heavy atom. The van der Waals surface area contributed by atoms with Crippen molar-refractivity contribution in [3.8, 4) is 0 Å². The van der Waals surface area contributed by atoms with Crippen molar-refractivity contribution in [3.05, 3.63) is 35.9 Å². The third-order valence-electron chi connectivity index (χ3n) is 5.26. The van der Waals surface area contributed by atoms with Crippen LogP contribution >= 0.6 is 0 Å². The standard InChI is InChI=1S/C20H29N3O2/c1-2-6-18(23-19(24)11-14-7-4-3-5-8-14)20(25)22-17-12-15-9-10-16(13-17)21-15/h3-5,7-8,15-18,21H,2,6,9-13H2,1H3,(H,22,25)(H,23,24).